The number of fused-ring (bicyclic) bond motifs is 1. The van der Waals surface area contributed by atoms with E-state index < -0.39 is 0 Å². The number of nitrogens with two attached hydrogens (primary N) is 2. The van der Waals surface area contributed by atoms with Gasteiger partial charge in [0.05, 0.1) is 11.9 Å². The SMILES string of the molecule is N=C(N)C1CCC2CC(C(=O)NC3CCN(CCN)CC3)N(CCC3CCCCC3)C2C1. The summed E-state index contributed by atoms with van der Waals surface area (Å²) < 4.78 is 0. The molecule has 2 saturated carbocycles. The van der Waals surface area contributed by atoms with Crippen molar-refractivity contribution in [3.63, 3.8) is 0 Å². The third-order valence-corrected chi connectivity index (χ3v) is 8.95. The fourth-order valence-electron chi connectivity index (χ4n) is 6.99. The molecule has 4 aliphatic rings. The van der Waals surface area contributed by atoms with Gasteiger partial charge < -0.3 is 21.7 Å². The molecule has 4 atom stereocenters. The number of hydrogen-bond acceptors (Lipinski definition) is 5. The summed E-state index contributed by atoms with van der Waals surface area (Å²) in [6.07, 6.45) is 14.2. The molecule has 7 heteroatoms. The van der Waals surface area contributed by atoms with Gasteiger partial charge in [0.2, 0.25) is 5.91 Å². The standard InChI is InChI=1S/C25H46N6O/c26-11-15-30-12-9-21(10-13-30)29-25(32)23-16-19-6-7-20(24(27)28)17-22(19)31(23)14-8-18-4-2-1-3-5-18/h18-23H,1-17,26H2,(H3,27,28)(H,29,32). The van der Waals surface area contributed by atoms with Gasteiger partial charge in [0, 0.05) is 44.2 Å². The Morgan fingerprint density at radius 3 is 2.41 bits per heavy atom. The number of likely N-dealkylation sites (tertiary alicyclic amines) is 2. The maximum atomic E-state index is 13.5. The lowest BCUT2D eigenvalue weighted by Crippen LogP contribution is -2.52. The Labute approximate surface area is 194 Å². The van der Waals surface area contributed by atoms with Crippen molar-refractivity contribution in [1.82, 2.24) is 15.1 Å². The van der Waals surface area contributed by atoms with Gasteiger partial charge in [-0.2, -0.15) is 0 Å². The van der Waals surface area contributed by atoms with Crippen LogP contribution in [0, 0.1) is 23.2 Å². The van der Waals surface area contributed by atoms with E-state index in [0.717, 1.165) is 70.6 Å². The fraction of sp³-hybridized carbons (Fsp3) is 0.920. The number of nitrogens with one attached hydrogen (secondary N) is 2. The van der Waals surface area contributed by atoms with E-state index in [9.17, 15) is 4.79 Å². The minimum absolute atomic E-state index is 0.00127. The first-order valence-electron chi connectivity index (χ1n) is 13.4. The molecule has 6 N–H and O–H groups in total. The summed E-state index contributed by atoms with van der Waals surface area (Å²) in [6.45, 7) is 4.76. The van der Waals surface area contributed by atoms with Gasteiger partial charge in [-0.25, -0.2) is 0 Å². The van der Waals surface area contributed by atoms with Gasteiger partial charge in [0.1, 0.15) is 0 Å². The maximum absolute atomic E-state index is 13.5. The van der Waals surface area contributed by atoms with Crippen molar-refractivity contribution in [3.05, 3.63) is 0 Å². The molecule has 182 valence electrons. The summed E-state index contributed by atoms with van der Waals surface area (Å²) in [6, 6.07) is 0.717. The van der Waals surface area contributed by atoms with Crippen molar-refractivity contribution in [3.8, 4) is 0 Å². The molecule has 4 fully saturated rings. The number of carbonyl (C=O) groups is 1. The molecule has 4 rings (SSSR count). The minimum Gasteiger partial charge on any atom is -0.387 e. The Morgan fingerprint density at radius 1 is 0.969 bits per heavy atom. The van der Waals surface area contributed by atoms with Crippen LogP contribution in [0.5, 0.6) is 0 Å². The number of rotatable bonds is 8. The van der Waals surface area contributed by atoms with E-state index in [1.165, 1.54) is 38.5 Å². The Bertz CT molecular complexity index is 628. The van der Waals surface area contributed by atoms with Crippen LogP contribution in [0.1, 0.15) is 77.0 Å². The highest BCUT2D eigenvalue weighted by atomic mass is 16.2. The minimum atomic E-state index is 0.00127. The lowest BCUT2D eigenvalue weighted by molar-refractivity contribution is -0.127. The van der Waals surface area contributed by atoms with Gasteiger partial charge >= 0.3 is 0 Å². The average Bonchev–Trinajstić information content (AvgIpc) is 3.18. The van der Waals surface area contributed by atoms with E-state index in [-0.39, 0.29) is 17.9 Å². The molecular weight excluding hydrogens is 400 g/mol. The lowest BCUT2D eigenvalue weighted by Gasteiger charge is -2.38. The van der Waals surface area contributed by atoms with Gasteiger partial charge in [-0.3, -0.25) is 15.1 Å². The first-order chi connectivity index (χ1) is 15.5. The molecule has 2 aliphatic carbocycles. The van der Waals surface area contributed by atoms with Crippen LogP contribution in [0.25, 0.3) is 0 Å². The van der Waals surface area contributed by atoms with E-state index in [2.05, 4.69) is 15.1 Å². The summed E-state index contributed by atoms with van der Waals surface area (Å²) in [5.41, 5.74) is 11.6. The van der Waals surface area contributed by atoms with Crippen LogP contribution in [0.2, 0.25) is 0 Å². The molecule has 1 amide bonds. The van der Waals surface area contributed by atoms with Crippen molar-refractivity contribution in [1.29, 1.82) is 5.41 Å². The summed E-state index contributed by atoms with van der Waals surface area (Å²) >= 11 is 0. The quantitative estimate of drug-likeness (QED) is 0.338. The van der Waals surface area contributed by atoms with Crippen LogP contribution in [0.15, 0.2) is 0 Å². The monoisotopic (exact) mass is 446 g/mol. The van der Waals surface area contributed by atoms with Gasteiger partial charge in [-0.05, 0) is 63.3 Å². The second-order valence-electron chi connectivity index (χ2n) is 11.0. The zero-order valence-electron chi connectivity index (χ0n) is 19.9. The molecule has 0 aromatic heterocycles. The van der Waals surface area contributed by atoms with Gasteiger partial charge in [0.15, 0.2) is 0 Å². The Balaban J connectivity index is 1.38. The third kappa shape index (κ3) is 5.84. The normalized spacial score (nSPS) is 33.2. The highest BCUT2D eigenvalue weighted by Crippen LogP contribution is 2.42. The Morgan fingerprint density at radius 2 is 1.72 bits per heavy atom. The van der Waals surface area contributed by atoms with Gasteiger partial charge in [-0.15, -0.1) is 0 Å². The molecule has 2 heterocycles. The highest BCUT2D eigenvalue weighted by Gasteiger charge is 2.47. The summed E-state index contributed by atoms with van der Waals surface area (Å²) in [7, 11) is 0. The summed E-state index contributed by atoms with van der Waals surface area (Å²) in [5.74, 6) is 2.19. The summed E-state index contributed by atoms with van der Waals surface area (Å²) in [5, 5.41) is 11.4. The van der Waals surface area contributed by atoms with E-state index in [4.69, 9.17) is 16.9 Å². The predicted octanol–water partition coefficient (Wildman–Crippen LogP) is 2.29. The second-order valence-corrected chi connectivity index (χ2v) is 11.0. The molecule has 0 aromatic carbocycles. The number of piperidine rings is 1. The largest absolute Gasteiger partial charge is 0.387 e. The van der Waals surface area contributed by atoms with E-state index in [1.54, 1.807) is 0 Å². The Hall–Kier alpha value is -1.18. The lowest BCUT2D eigenvalue weighted by atomic mass is 9.78. The fourth-order valence-corrected chi connectivity index (χ4v) is 6.99. The molecule has 0 spiro atoms. The maximum Gasteiger partial charge on any atom is 0.237 e. The van der Waals surface area contributed by atoms with Crippen molar-refractivity contribution in [2.75, 3.05) is 32.7 Å². The van der Waals surface area contributed by atoms with Crippen molar-refractivity contribution in [2.24, 2.45) is 29.2 Å². The van der Waals surface area contributed by atoms with Crippen molar-refractivity contribution < 1.29 is 4.79 Å². The molecule has 2 saturated heterocycles. The van der Waals surface area contributed by atoms with E-state index in [1.807, 2.05) is 0 Å². The molecule has 2 aliphatic heterocycles. The topological polar surface area (TPSA) is 111 Å². The van der Waals surface area contributed by atoms with Crippen LogP contribution in [0.4, 0.5) is 0 Å². The van der Waals surface area contributed by atoms with Gasteiger partial charge in [0.25, 0.3) is 0 Å². The van der Waals surface area contributed by atoms with Crippen LogP contribution in [0.3, 0.4) is 0 Å². The van der Waals surface area contributed by atoms with E-state index in [0.29, 0.717) is 30.4 Å². The van der Waals surface area contributed by atoms with Crippen LogP contribution in [-0.4, -0.2) is 72.4 Å². The number of amides is 1. The zero-order chi connectivity index (χ0) is 22.5. The van der Waals surface area contributed by atoms with Crippen LogP contribution in [-0.2, 0) is 4.79 Å². The molecule has 7 nitrogen and oxygen atoms in total. The first kappa shape index (κ1) is 24.0. The molecule has 0 bridgehead atoms. The average molecular weight is 447 g/mol. The zero-order valence-corrected chi connectivity index (χ0v) is 19.9. The molecule has 32 heavy (non-hydrogen) atoms. The number of amidine groups is 1. The molecular formula is C25H46N6O. The summed E-state index contributed by atoms with van der Waals surface area (Å²) in [4.78, 5) is 18.4. The van der Waals surface area contributed by atoms with Crippen molar-refractivity contribution in [2.45, 2.75) is 95.2 Å². The van der Waals surface area contributed by atoms with Crippen LogP contribution < -0.4 is 16.8 Å². The Kier molecular flexibility index (Phi) is 8.46. The number of nitrogens with zero attached hydrogens (tertiary/aromatic N) is 2. The number of carbonyl (C=O) groups excluding carboxylic acids is 1. The van der Waals surface area contributed by atoms with Crippen molar-refractivity contribution >= 4 is 11.7 Å². The molecule has 0 radical (unpaired) electrons. The highest BCUT2D eigenvalue weighted by molar-refractivity contribution is 5.83. The first-order valence-corrected chi connectivity index (χ1v) is 13.4. The van der Waals surface area contributed by atoms with Crippen LogP contribution >= 0.6 is 0 Å². The van der Waals surface area contributed by atoms with E-state index >= 15 is 0 Å². The molecule has 0 aromatic rings. The number of hydrogen-bond donors (Lipinski definition) is 4. The predicted molar refractivity (Wildman–Crippen MR) is 129 cm³/mol. The third-order valence-electron chi connectivity index (χ3n) is 8.95. The van der Waals surface area contributed by atoms with Gasteiger partial charge in [-0.1, -0.05) is 32.1 Å². The smallest absolute Gasteiger partial charge is 0.237 e. The molecule has 4 unspecified atom stereocenters. The second kappa shape index (κ2) is 11.3.